The molecule has 2 heterocycles. The van der Waals surface area contributed by atoms with Crippen molar-refractivity contribution >= 4 is 23.2 Å². The Hall–Kier alpha value is -3.32. The second kappa shape index (κ2) is 7.36. The van der Waals surface area contributed by atoms with Crippen LogP contribution in [0.15, 0.2) is 60.0 Å². The minimum atomic E-state index is -0.920. The molecule has 0 radical (unpaired) electrons. The molecule has 4 rings (SSSR count). The van der Waals surface area contributed by atoms with Gasteiger partial charge in [0.25, 0.3) is 11.8 Å². The number of hydrogen-bond donors (Lipinski definition) is 0. The van der Waals surface area contributed by atoms with E-state index in [-0.39, 0.29) is 0 Å². The first-order valence-electron chi connectivity index (χ1n) is 8.53. The number of carbonyl (C=O) groups excluding carboxylic acids is 2. The lowest BCUT2D eigenvalue weighted by Crippen LogP contribution is -2.45. The SMILES string of the molecule is COc1ccc(C2Oc3ccccc3C(=O)N2C(=O)c2cccs2)cc1OC. The molecule has 1 aliphatic heterocycles. The summed E-state index contributed by atoms with van der Waals surface area (Å²) in [6.45, 7) is 0. The average molecular weight is 395 g/mol. The van der Waals surface area contributed by atoms with Crippen molar-refractivity contribution in [1.29, 1.82) is 0 Å². The second-order valence-electron chi connectivity index (χ2n) is 6.04. The van der Waals surface area contributed by atoms with E-state index in [9.17, 15) is 9.59 Å². The molecule has 2 amide bonds. The lowest BCUT2D eigenvalue weighted by molar-refractivity contribution is 0.0109. The van der Waals surface area contributed by atoms with Crippen LogP contribution in [0.5, 0.6) is 17.2 Å². The van der Waals surface area contributed by atoms with Crippen LogP contribution >= 0.6 is 11.3 Å². The van der Waals surface area contributed by atoms with Gasteiger partial charge in [-0.15, -0.1) is 11.3 Å². The van der Waals surface area contributed by atoms with Crippen molar-refractivity contribution in [1.82, 2.24) is 4.90 Å². The maximum absolute atomic E-state index is 13.2. The van der Waals surface area contributed by atoms with E-state index in [1.807, 2.05) is 0 Å². The minimum absolute atomic E-state index is 0.351. The summed E-state index contributed by atoms with van der Waals surface area (Å²) in [5.41, 5.74) is 0.953. The highest BCUT2D eigenvalue weighted by Gasteiger charge is 2.40. The fourth-order valence-corrected chi connectivity index (χ4v) is 3.76. The molecule has 6 nitrogen and oxygen atoms in total. The third kappa shape index (κ3) is 2.99. The van der Waals surface area contributed by atoms with Gasteiger partial charge in [-0.05, 0) is 41.8 Å². The summed E-state index contributed by atoms with van der Waals surface area (Å²) in [6, 6.07) is 15.5. The smallest absolute Gasteiger partial charge is 0.274 e. The standard InChI is InChI=1S/C21H17NO5S/c1-25-16-10-9-13(12-17(16)26-2)21-22(20(24)18-8-5-11-28-18)19(23)14-6-3-4-7-15(14)27-21/h3-12,21H,1-2H3. The maximum Gasteiger partial charge on any atom is 0.274 e. The summed E-state index contributed by atoms with van der Waals surface area (Å²) < 4.78 is 16.7. The average Bonchev–Trinajstić information content (AvgIpc) is 3.27. The molecular weight excluding hydrogens is 378 g/mol. The molecule has 1 atom stereocenters. The minimum Gasteiger partial charge on any atom is -0.493 e. The first kappa shape index (κ1) is 18.1. The zero-order chi connectivity index (χ0) is 19.7. The predicted molar refractivity (Wildman–Crippen MR) is 104 cm³/mol. The van der Waals surface area contributed by atoms with Crippen molar-refractivity contribution in [3.8, 4) is 17.2 Å². The number of carbonyl (C=O) groups is 2. The van der Waals surface area contributed by atoms with Gasteiger partial charge in [0.05, 0.1) is 24.7 Å². The number of nitrogens with zero attached hydrogens (tertiary/aromatic N) is 1. The van der Waals surface area contributed by atoms with E-state index in [2.05, 4.69) is 0 Å². The van der Waals surface area contributed by atoms with Gasteiger partial charge in [0.15, 0.2) is 11.5 Å². The van der Waals surface area contributed by atoms with Crippen molar-refractivity contribution in [2.45, 2.75) is 6.23 Å². The predicted octanol–water partition coefficient (Wildman–Crippen LogP) is 4.14. The Morgan fingerprint density at radius 1 is 1.04 bits per heavy atom. The van der Waals surface area contributed by atoms with Gasteiger partial charge in [0, 0.05) is 5.56 Å². The first-order valence-corrected chi connectivity index (χ1v) is 9.41. The van der Waals surface area contributed by atoms with Gasteiger partial charge in [0.1, 0.15) is 5.75 Å². The molecule has 3 aromatic rings. The summed E-state index contributed by atoms with van der Waals surface area (Å²) in [5.74, 6) is 0.653. The number of amides is 2. The van der Waals surface area contributed by atoms with Crippen LogP contribution in [0.3, 0.4) is 0 Å². The molecule has 2 aromatic carbocycles. The molecule has 0 bridgehead atoms. The van der Waals surface area contributed by atoms with Gasteiger partial charge in [-0.3, -0.25) is 9.59 Å². The highest BCUT2D eigenvalue weighted by molar-refractivity contribution is 7.12. The van der Waals surface area contributed by atoms with Crippen molar-refractivity contribution in [3.05, 3.63) is 76.0 Å². The van der Waals surface area contributed by atoms with Crippen molar-refractivity contribution < 1.29 is 23.8 Å². The highest BCUT2D eigenvalue weighted by Crippen LogP contribution is 2.39. The number of para-hydroxylation sites is 1. The topological polar surface area (TPSA) is 65.1 Å². The lowest BCUT2D eigenvalue weighted by Gasteiger charge is -2.35. The van der Waals surface area contributed by atoms with E-state index in [0.717, 1.165) is 4.90 Å². The monoisotopic (exact) mass is 395 g/mol. The van der Waals surface area contributed by atoms with Crippen molar-refractivity contribution in [2.75, 3.05) is 14.2 Å². The number of benzene rings is 2. The van der Waals surface area contributed by atoms with Gasteiger partial charge < -0.3 is 14.2 Å². The molecule has 0 saturated carbocycles. The van der Waals surface area contributed by atoms with E-state index < -0.39 is 18.0 Å². The second-order valence-corrected chi connectivity index (χ2v) is 6.99. The quantitative estimate of drug-likeness (QED) is 0.621. The van der Waals surface area contributed by atoms with Crippen LogP contribution in [0.4, 0.5) is 0 Å². The summed E-state index contributed by atoms with van der Waals surface area (Å²) in [5, 5.41) is 1.79. The number of imide groups is 1. The molecule has 1 aromatic heterocycles. The number of fused-ring (bicyclic) bond motifs is 1. The Morgan fingerprint density at radius 2 is 1.82 bits per heavy atom. The fourth-order valence-electron chi connectivity index (χ4n) is 3.10. The largest absolute Gasteiger partial charge is 0.493 e. The summed E-state index contributed by atoms with van der Waals surface area (Å²) in [7, 11) is 3.07. The molecule has 0 saturated heterocycles. The third-order valence-corrected chi connectivity index (χ3v) is 5.31. The zero-order valence-corrected chi connectivity index (χ0v) is 16.1. The van der Waals surface area contributed by atoms with E-state index in [1.165, 1.54) is 18.4 Å². The van der Waals surface area contributed by atoms with Crippen LogP contribution in [0.2, 0.25) is 0 Å². The summed E-state index contributed by atoms with van der Waals surface area (Å²) in [6.07, 6.45) is -0.920. The molecule has 1 aliphatic rings. The first-order chi connectivity index (χ1) is 13.6. The number of methoxy groups -OCH3 is 2. The summed E-state index contributed by atoms with van der Waals surface area (Å²) in [4.78, 5) is 27.9. The Morgan fingerprint density at radius 3 is 2.54 bits per heavy atom. The lowest BCUT2D eigenvalue weighted by atomic mass is 10.1. The molecule has 1 unspecified atom stereocenters. The van der Waals surface area contributed by atoms with Crippen molar-refractivity contribution in [3.63, 3.8) is 0 Å². The van der Waals surface area contributed by atoms with Crippen LogP contribution in [0.25, 0.3) is 0 Å². The van der Waals surface area contributed by atoms with Gasteiger partial charge in [-0.1, -0.05) is 18.2 Å². The number of thiophene rings is 1. The van der Waals surface area contributed by atoms with E-state index in [1.54, 1.807) is 67.1 Å². The van der Waals surface area contributed by atoms with Crippen LogP contribution < -0.4 is 14.2 Å². The van der Waals surface area contributed by atoms with Crippen LogP contribution in [-0.4, -0.2) is 30.9 Å². The maximum atomic E-state index is 13.2. The Balaban J connectivity index is 1.83. The number of rotatable bonds is 4. The number of hydrogen-bond acceptors (Lipinski definition) is 6. The highest BCUT2D eigenvalue weighted by atomic mass is 32.1. The molecule has 0 N–H and O–H groups in total. The fraction of sp³-hybridized carbons (Fsp3) is 0.143. The molecule has 0 spiro atoms. The molecule has 7 heteroatoms. The Bertz CT molecular complexity index is 1030. The van der Waals surface area contributed by atoms with Crippen LogP contribution in [0, 0.1) is 0 Å². The molecule has 142 valence electrons. The van der Waals surface area contributed by atoms with Crippen LogP contribution in [-0.2, 0) is 0 Å². The van der Waals surface area contributed by atoms with Crippen molar-refractivity contribution in [2.24, 2.45) is 0 Å². The van der Waals surface area contributed by atoms with E-state index >= 15 is 0 Å². The van der Waals surface area contributed by atoms with E-state index in [0.29, 0.717) is 33.3 Å². The van der Waals surface area contributed by atoms with Gasteiger partial charge in [0.2, 0.25) is 6.23 Å². The third-order valence-electron chi connectivity index (χ3n) is 4.45. The molecule has 0 aliphatic carbocycles. The van der Waals surface area contributed by atoms with Gasteiger partial charge in [-0.2, -0.15) is 0 Å². The van der Waals surface area contributed by atoms with Gasteiger partial charge in [-0.25, -0.2) is 4.90 Å². The molecule has 28 heavy (non-hydrogen) atoms. The Kier molecular flexibility index (Phi) is 4.75. The normalized spacial score (nSPS) is 15.6. The summed E-state index contributed by atoms with van der Waals surface area (Å²) >= 11 is 1.28. The molecular formula is C21H17NO5S. The Labute approximate surface area is 165 Å². The zero-order valence-electron chi connectivity index (χ0n) is 15.2. The van der Waals surface area contributed by atoms with E-state index in [4.69, 9.17) is 14.2 Å². The van der Waals surface area contributed by atoms with Crippen LogP contribution in [0.1, 0.15) is 31.8 Å². The molecule has 0 fully saturated rings. The number of ether oxygens (including phenoxy) is 3. The van der Waals surface area contributed by atoms with Gasteiger partial charge >= 0.3 is 0 Å².